The van der Waals surface area contributed by atoms with E-state index in [1.807, 2.05) is 0 Å². The highest BCUT2D eigenvalue weighted by atomic mass is 15.2. The zero-order chi connectivity index (χ0) is 9.14. The minimum Gasteiger partial charge on any atom is -0.297 e. The van der Waals surface area contributed by atoms with Gasteiger partial charge in [-0.1, -0.05) is 6.92 Å². The Morgan fingerprint density at radius 1 is 1.58 bits per heavy atom. The number of rotatable bonds is 2. The third kappa shape index (κ3) is 1.98. The lowest BCUT2D eigenvalue weighted by molar-refractivity contribution is 0.202. The third-order valence-electron chi connectivity index (χ3n) is 2.78. The van der Waals surface area contributed by atoms with Gasteiger partial charge in [-0.25, -0.2) is 0 Å². The minimum absolute atomic E-state index is 0.440. The van der Waals surface area contributed by atoms with Crippen molar-refractivity contribution in [1.29, 1.82) is 5.26 Å². The Morgan fingerprint density at radius 3 is 2.67 bits per heavy atom. The molecule has 12 heavy (non-hydrogen) atoms. The number of hydrogen-bond donors (Lipinski definition) is 0. The fraction of sp³-hybridized carbons (Fsp3) is 0.900. The average molecular weight is 166 g/mol. The van der Waals surface area contributed by atoms with Crippen molar-refractivity contribution in [2.75, 3.05) is 6.54 Å². The van der Waals surface area contributed by atoms with Crippen LogP contribution < -0.4 is 0 Å². The molecule has 0 spiro atoms. The molecule has 2 nitrogen and oxygen atoms in total. The van der Waals surface area contributed by atoms with Gasteiger partial charge in [0.15, 0.2) is 0 Å². The van der Waals surface area contributed by atoms with E-state index in [0.717, 1.165) is 5.92 Å². The van der Waals surface area contributed by atoms with Crippen LogP contribution in [0, 0.1) is 17.2 Å². The van der Waals surface area contributed by atoms with E-state index in [-0.39, 0.29) is 0 Å². The summed E-state index contributed by atoms with van der Waals surface area (Å²) in [5, 5.41) is 8.57. The molecule has 68 valence electrons. The van der Waals surface area contributed by atoms with Crippen molar-refractivity contribution < 1.29 is 0 Å². The number of nitrogens with zero attached hydrogens (tertiary/aromatic N) is 2. The van der Waals surface area contributed by atoms with Crippen LogP contribution in [0.1, 0.15) is 33.6 Å². The Labute approximate surface area is 75.2 Å². The van der Waals surface area contributed by atoms with Crippen LogP contribution in [0.2, 0.25) is 0 Å². The van der Waals surface area contributed by atoms with Gasteiger partial charge >= 0.3 is 0 Å². The van der Waals surface area contributed by atoms with Crippen molar-refractivity contribution in [2.24, 2.45) is 5.92 Å². The first-order valence-electron chi connectivity index (χ1n) is 4.77. The van der Waals surface area contributed by atoms with Gasteiger partial charge in [-0.05, 0) is 26.2 Å². The van der Waals surface area contributed by atoms with Crippen molar-refractivity contribution in [3.05, 3.63) is 0 Å². The van der Waals surface area contributed by atoms with Gasteiger partial charge in [0, 0.05) is 18.6 Å². The predicted octanol–water partition coefficient (Wildman–Crippen LogP) is 2.02. The lowest BCUT2D eigenvalue weighted by Gasteiger charge is -2.26. The van der Waals surface area contributed by atoms with E-state index in [9.17, 15) is 0 Å². The summed E-state index contributed by atoms with van der Waals surface area (Å²) in [5.74, 6) is 0.807. The van der Waals surface area contributed by atoms with E-state index in [4.69, 9.17) is 5.26 Å². The van der Waals surface area contributed by atoms with Gasteiger partial charge in [0.05, 0.1) is 12.5 Å². The highest BCUT2D eigenvalue weighted by Crippen LogP contribution is 2.25. The molecular formula is C10H18N2. The van der Waals surface area contributed by atoms with Crippen LogP contribution in [-0.2, 0) is 0 Å². The Morgan fingerprint density at radius 2 is 2.25 bits per heavy atom. The van der Waals surface area contributed by atoms with E-state index in [1.165, 1.54) is 13.0 Å². The molecule has 1 heterocycles. The van der Waals surface area contributed by atoms with Gasteiger partial charge in [-0.3, -0.25) is 4.90 Å². The minimum atomic E-state index is 0.440. The normalized spacial score (nSPS) is 33.2. The first-order chi connectivity index (χ1) is 5.65. The van der Waals surface area contributed by atoms with Gasteiger partial charge < -0.3 is 0 Å². The Hall–Kier alpha value is -0.550. The molecule has 0 N–H and O–H groups in total. The Balaban J connectivity index is 2.47. The molecule has 1 saturated heterocycles. The van der Waals surface area contributed by atoms with E-state index in [2.05, 4.69) is 31.7 Å². The fourth-order valence-corrected chi connectivity index (χ4v) is 2.20. The molecule has 1 aliphatic heterocycles. The molecule has 0 bridgehead atoms. The maximum absolute atomic E-state index is 8.57. The molecule has 0 radical (unpaired) electrons. The summed E-state index contributed by atoms with van der Waals surface area (Å²) in [6, 6.07) is 3.35. The van der Waals surface area contributed by atoms with E-state index in [1.54, 1.807) is 0 Å². The van der Waals surface area contributed by atoms with Gasteiger partial charge in [0.1, 0.15) is 0 Å². The molecule has 1 aliphatic rings. The lowest BCUT2D eigenvalue weighted by Crippen LogP contribution is -2.35. The van der Waals surface area contributed by atoms with Crippen molar-refractivity contribution in [3.63, 3.8) is 0 Å². The van der Waals surface area contributed by atoms with Crippen LogP contribution in [-0.4, -0.2) is 23.5 Å². The fourth-order valence-electron chi connectivity index (χ4n) is 2.20. The molecule has 0 saturated carbocycles. The second-order valence-electron chi connectivity index (χ2n) is 4.10. The number of likely N-dealkylation sites (tertiary alicyclic amines) is 1. The summed E-state index contributed by atoms with van der Waals surface area (Å²) in [7, 11) is 0. The van der Waals surface area contributed by atoms with Crippen molar-refractivity contribution >= 4 is 0 Å². The first kappa shape index (κ1) is 9.54. The van der Waals surface area contributed by atoms with Crippen LogP contribution in [0.15, 0.2) is 0 Å². The van der Waals surface area contributed by atoms with Crippen LogP contribution in [0.5, 0.6) is 0 Å². The highest BCUT2D eigenvalue weighted by molar-refractivity contribution is 4.87. The lowest BCUT2D eigenvalue weighted by atomic mass is 10.1. The Bertz CT molecular complexity index is 183. The maximum Gasteiger partial charge on any atom is 0.0638 e. The predicted molar refractivity (Wildman–Crippen MR) is 49.6 cm³/mol. The monoisotopic (exact) mass is 166 g/mol. The summed E-state index contributed by atoms with van der Waals surface area (Å²) in [6.07, 6.45) is 1.95. The van der Waals surface area contributed by atoms with E-state index >= 15 is 0 Å². The largest absolute Gasteiger partial charge is 0.297 e. The molecule has 1 rings (SSSR count). The van der Waals surface area contributed by atoms with Crippen molar-refractivity contribution in [1.82, 2.24) is 4.90 Å². The second kappa shape index (κ2) is 3.91. The summed E-state index contributed by atoms with van der Waals surface area (Å²) >= 11 is 0. The number of hydrogen-bond acceptors (Lipinski definition) is 2. The second-order valence-corrected chi connectivity index (χ2v) is 4.10. The molecule has 0 aromatic heterocycles. The number of nitriles is 1. The van der Waals surface area contributed by atoms with Gasteiger partial charge in [0.2, 0.25) is 0 Å². The average Bonchev–Trinajstić information content (AvgIpc) is 2.30. The van der Waals surface area contributed by atoms with Crippen molar-refractivity contribution in [2.45, 2.75) is 45.7 Å². The van der Waals surface area contributed by atoms with Crippen LogP contribution in [0.25, 0.3) is 0 Å². The van der Waals surface area contributed by atoms with Gasteiger partial charge in [-0.2, -0.15) is 5.26 Å². The summed E-state index contributed by atoms with van der Waals surface area (Å²) in [6.45, 7) is 7.87. The highest BCUT2D eigenvalue weighted by Gasteiger charge is 2.29. The van der Waals surface area contributed by atoms with Gasteiger partial charge in [-0.15, -0.1) is 0 Å². The zero-order valence-corrected chi connectivity index (χ0v) is 8.25. The molecule has 0 aromatic rings. The molecule has 0 amide bonds. The maximum atomic E-state index is 8.57. The molecule has 3 unspecified atom stereocenters. The SMILES string of the molecule is CC1CC(C)N(C(C)CC#N)C1. The molecule has 2 heteroatoms. The quantitative estimate of drug-likeness (QED) is 0.627. The summed E-state index contributed by atoms with van der Waals surface area (Å²) < 4.78 is 0. The topological polar surface area (TPSA) is 27.0 Å². The van der Waals surface area contributed by atoms with Crippen LogP contribution in [0.3, 0.4) is 0 Å². The van der Waals surface area contributed by atoms with E-state index in [0.29, 0.717) is 18.5 Å². The Kier molecular flexibility index (Phi) is 3.11. The zero-order valence-electron chi connectivity index (χ0n) is 8.25. The third-order valence-corrected chi connectivity index (χ3v) is 2.78. The molecule has 0 aromatic carbocycles. The molecule has 0 aliphatic carbocycles. The molecular weight excluding hydrogens is 148 g/mol. The van der Waals surface area contributed by atoms with Gasteiger partial charge in [0.25, 0.3) is 0 Å². The summed E-state index contributed by atoms with van der Waals surface area (Å²) in [5.41, 5.74) is 0. The molecule has 3 atom stereocenters. The van der Waals surface area contributed by atoms with Crippen LogP contribution in [0.4, 0.5) is 0 Å². The summed E-state index contributed by atoms with van der Waals surface area (Å²) in [4.78, 5) is 2.45. The van der Waals surface area contributed by atoms with Crippen molar-refractivity contribution in [3.8, 4) is 6.07 Å². The standard InChI is InChI=1S/C10H18N2/c1-8-6-10(3)12(7-8)9(2)4-5-11/h8-10H,4,6-7H2,1-3H3. The van der Waals surface area contributed by atoms with Crippen LogP contribution >= 0.6 is 0 Å². The smallest absolute Gasteiger partial charge is 0.0638 e. The molecule has 1 fully saturated rings. The van der Waals surface area contributed by atoms with E-state index < -0.39 is 0 Å². The first-order valence-corrected chi connectivity index (χ1v) is 4.77.